The second-order valence-corrected chi connectivity index (χ2v) is 7.98. The average molecular weight is 392 g/mol. The summed E-state index contributed by atoms with van der Waals surface area (Å²) >= 11 is 0. The molecule has 1 aromatic carbocycles. The quantitative estimate of drug-likeness (QED) is 0.738. The van der Waals surface area contributed by atoms with E-state index in [1.54, 1.807) is 11.0 Å². The number of rotatable bonds is 4. The molecule has 2 fully saturated rings. The molecule has 0 spiro atoms. The van der Waals surface area contributed by atoms with Crippen LogP contribution in [-0.4, -0.2) is 38.7 Å². The van der Waals surface area contributed by atoms with Crippen molar-refractivity contribution in [1.29, 1.82) is 0 Å². The zero-order chi connectivity index (χ0) is 19.8. The highest BCUT2D eigenvalue weighted by molar-refractivity contribution is 5.67. The van der Waals surface area contributed by atoms with Gasteiger partial charge in [-0.05, 0) is 37.2 Å². The van der Waals surface area contributed by atoms with Crippen LogP contribution in [0.1, 0.15) is 54.3 Å². The van der Waals surface area contributed by atoms with Crippen molar-refractivity contribution < 1.29 is 9.53 Å². The van der Waals surface area contributed by atoms with Crippen molar-refractivity contribution in [2.45, 2.75) is 44.1 Å². The number of piperidine rings is 1. The molecule has 5 rings (SSSR count). The maximum atomic E-state index is 12.5. The number of aromatic nitrogens is 3. The Kier molecular flexibility index (Phi) is 4.58. The van der Waals surface area contributed by atoms with Crippen molar-refractivity contribution in [3.05, 3.63) is 69.8 Å². The lowest BCUT2D eigenvalue weighted by Gasteiger charge is -2.31. The largest absolute Gasteiger partial charge is 0.445 e. The molecule has 3 aromatic rings. The predicted octanol–water partition coefficient (Wildman–Crippen LogP) is 3.42. The first-order valence-electron chi connectivity index (χ1n) is 10.3. The van der Waals surface area contributed by atoms with Gasteiger partial charge in [0.05, 0.1) is 5.69 Å². The molecular weight excluding hydrogens is 368 g/mol. The fraction of sp³-hybridized carbons (Fsp3) is 0.409. The van der Waals surface area contributed by atoms with Gasteiger partial charge in [0.25, 0.3) is 5.56 Å². The minimum Gasteiger partial charge on any atom is -0.445 e. The highest BCUT2D eigenvalue weighted by Gasteiger charge is 2.29. The molecule has 29 heavy (non-hydrogen) atoms. The lowest BCUT2D eigenvalue weighted by molar-refractivity contribution is 0.0868. The molecule has 0 radical (unpaired) electrons. The van der Waals surface area contributed by atoms with E-state index in [9.17, 15) is 9.59 Å². The number of hydrogen-bond acceptors (Lipinski definition) is 4. The molecule has 7 heteroatoms. The number of likely N-dealkylation sites (tertiary alicyclic amines) is 1. The Bertz CT molecular complexity index is 1080. The maximum absolute atomic E-state index is 12.5. The van der Waals surface area contributed by atoms with Crippen LogP contribution in [0.25, 0.3) is 5.65 Å². The van der Waals surface area contributed by atoms with Crippen LogP contribution in [0.3, 0.4) is 0 Å². The third kappa shape index (κ3) is 3.64. The van der Waals surface area contributed by atoms with Crippen molar-refractivity contribution in [2.75, 3.05) is 13.1 Å². The van der Waals surface area contributed by atoms with E-state index in [-0.39, 0.29) is 24.2 Å². The van der Waals surface area contributed by atoms with Crippen LogP contribution < -0.4 is 5.56 Å². The molecule has 1 saturated heterocycles. The Hall–Kier alpha value is -3.09. The summed E-state index contributed by atoms with van der Waals surface area (Å²) in [5.41, 5.74) is 3.66. The lowest BCUT2D eigenvalue weighted by atomic mass is 9.93. The molecule has 1 amide bonds. The van der Waals surface area contributed by atoms with E-state index in [4.69, 9.17) is 9.72 Å². The molecule has 7 nitrogen and oxygen atoms in total. The number of carbonyl (C=O) groups is 1. The maximum Gasteiger partial charge on any atom is 0.410 e. The van der Waals surface area contributed by atoms with Crippen molar-refractivity contribution >= 4 is 11.7 Å². The van der Waals surface area contributed by atoms with Gasteiger partial charge in [0.2, 0.25) is 0 Å². The zero-order valence-corrected chi connectivity index (χ0v) is 16.2. The minimum atomic E-state index is -0.280. The van der Waals surface area contributed by atoms with Gasteiger partial charge in [-0.1, -0.05) is 30.3 Å². The second-order valence-electron chi connectivity index (χ2n) is 7.98. The summed E-state index contributed by atoms with van der Waals surface area (Å²) in [4.78, 5) is 31.4. The summed E-state index contributed by atoms with van der Waals surface area (Å²) in [6, 6.07) is 11.3. The Morgan fingerprint density at radius 2 is 1.86 bits per heavy atom. The molecule has 2 aliphatic rings. The van der Waals surface area contributed by atoms with E-state index in [1.165, 1.54) is 4.52 Å². The summed E-state index contributed by atoms with van der Waals surface area (Å²) < 4.78 is 6.97. The van der Waals surface area contributed by atoms with Crippen LogP contribution in [0.4, 0.5) is 4.79 Å². The number of fused-ring (bicyclic) bond motifs is 1. The topological polar surface area (TPSA) is 79.7 Å². The van der Waals surface area contributed by atoms with Gasteiger partial charge in [0, 0.05) is 36.8 Å². The summed E-state index contributed by atoms with van der Waals surface area (Å²) in [5.74, 6) is 0.715. The second kappa shape index (κ2) is 7.39. The van der Waals surface area contributed by atoms with Gasteiger partial charge in [0.15, 0.2) is 5.65 Å². The van der Waals surface area contributed by atoms with Crippen molar-refractivity contribution in [2.24, 2.45) is 0 Å². The highest BCUT2D eigenvalue weighted by atomic mass is 16.6. The van der Waals surface area contributed by atoms with Crippen molar-refractivity contribution in [3.63, 3.8) is 0 Å². The molecule has 0 bridgehead atoms. The van der Waals surface area contributed by atoms with Crippen LogP contribution in [-0.2, 0) is 11.3 Å². The molecular formula is C22H24N4O3. The monoisotopic (exact) mass is 392 g/mol. The molecule has 0 atom stereocenters. The van der Waals surface area contributed by atoms with Gasteiger partial charge in [-0.2, -0.15) is 0 Å². The molecule has 0 unspecified atom stereocenters. The van der Waals surface area contributed by atoms with Crippen molar-refractivity contribution in [1.82, 2.24) is 19.5 Å². The Balaban J connectivity index is 1.24. The molecule has 3 heterocycles. The first kappa shape index (κ1) is 18.0. The van der Waals surface area contributed by atoms with E-state index in [0.717, 1.165) is 48.2 Å². The number of benzene rings is 1. The SMILES string of the molecule is O=C(OCc1ccccc1)N1CCC(c2cc(=O)n3[nH]cc(C4CC4)c3n2)CC1. The number of H-pyrrole nitrogens is 1. The van der Waals surface area contributed by atoms with Crippen LogP contribution >= 0.6 is 0 Å². The number of hydrogen-bond donors (Lipinski definition) is 1. The molecule has 1 N–H and O–H groups in total. The number of nitrogens with zero attached hydrogens (tertiary/aromatic N) is 3. The number of ether oxygens (including phenoxy) is 1. The van der Waals surface area contributed by atoms with E-state index >= 15 is 0 Å². The predicted molar refractivity (Wildman–Crippen MR) is 108 cm³/mol. The van der Waals surface area contributed by atoms with E-state index in [1.807, 2.05) is 36.5 Å². The molecule has 1 aliphatic heterocycles. The molecule has 150 valence electrons. The van der Waals surface area contributed by atoms with Crippen LogP contribution in [0, 0.1) is 0 Å². The normalized spacial score (nSPS) is 17.6. The third-order valence-corrected chi connectivity index (χ3v) is 5.94. The van der Waals surface area contributed by atoms with Gasteiger partial charge in [-0.3, -0.25) is 9.89 Å². The standard InChI is InChI=1S/C22H24N4O3/c27-20-12-19(24-21-18(16-6-7-16)13-23-26(20)21)17-8-10-25(11-9-17)22(28)29-14-15-4-2-1-3-5-15/h1-5,12-13,16-17,23H,6-11,14H2. The number of carbonyl (C=O) groups excluding carboxylic acids is 1. The number of nitrogens with one attached hydrogen (secondary N) is 1. The van der Waals surface area contributed by atoms with E-state index in [2.05, 4.69) is 5.10 Å². The van der Waals surface area contributed by atoms with Crippen LogP contribution in [0.5, 0.6) is 0 Å². The van der Waals surface area contributed by atoms with Gasteiger partial charge >= 0.3 is 6.09 Å². The Labute approximate surface area is 168 Å². The summed E-state index contributed by atoms with van der Waals surface area (Å²) in [6.45, 7) is 1.51. The highest BCUT2D eigenvalue weighted by Crippen LogP contribution is 2.41. The van der Waals surface area contributed by atoms with Gasteiger partial charge < -0.3 is 9.64 Å². The number of amides is 1. The van der Waals surface area contributed by atoms with Crippen molar-refractivity contribution in [3.8, 4) is 0 Å². The first-order chi connectivity index (χ1) is 14.2. The van der Waals surface area contributed by atoms with Crippen LogP contribution in [0.2, 0.25) is 0 Å². The van der Waals surface area contributed by atoms with Gasteiger partial charge in [-0.15, -0.1) is 0 Å². The third-order valence-electron chi connectivity index (χ3n) is 5.94. The molecule has 2 aromatic heterocycles. The fourth-order valence-corrected chi connectivity index (χ4v) is 4.09. The van der Waals surface area contributed by atoms with Gasteiger partial charge in [0.1, 0.15) is 6.61 Å². The zero-order valence-electron chi connectivity index (χ0n) is 16.2. The molecule has 1 aliphatic carbocycles. The van der Waals surface area contributed by atoms with Crippen LogP contribution in [0.15, 0.2) is 47.4 Å². The van der Waals surface area contributed by atoms with E-state index < -0.39 is 0 Å². The fourth-order valence-electron chi connectivity index (χ4n) is 4.09. The molecule has 1 saturated carbocycles. The summed E-state index contributed by atoms with van der Waals surface area (Å²) in [5, 5.41) is 3.03. The number of aromatic amines is 1. The summed E-state index contributed by atoms with van der Waals surface area (Å²) in [6.07, 6.45) is 5.53. The first-order valence-corrected chi connectivity index (χ1v) is 10.3. The Morgan fingerprint density at radius 1 is 1.10 bits per heavy atom. The summed E-state index contributed by atoms with van der Waals surface area (Å²) in [7, 11) is 0. The minimum absolute atomic E-state index is 0.0680. The lowest BCUT2D eigenvalue weighted by Crippen LogP contribution is -2.38. The van der Waals surface area contributed by atoms with Gasteiger partial charge in [-0.25, -0.2) is 14.3 Å². The van der Waals surface area contributed by atoms with E-state index in [0.29, 0.717) is 19.0 Å². The Morgan fingerprint density at radius 3 is 2.59 bits per heavy atom. The average Bonchev–Trinajstić information content (AvgIpc) is 3.51. The smallest absolute Gasteiger partial charge is 0.410 e.